The zero-order valence-electron chi connectivity index (χ0n) is 17.7. The second kappa shape index (κ2) is 10.6. The van der Waals surface area contributed by atoms with Crippen LogP contribution in [0.25, 0.3) is 0 Å². The van der Waals surface area contributed by atoms with E-state index in [9.17, 15) is 5.11 Å². The summed E-state index contributed by atoms with van der Waals surface area (Å²) < 4.78 is 4.40. The molecule has 2 aromatic rings. The molecule has 7 nitrogen and oxygen atoms in total. The maximum atomic E-state index is 10.4. The second-order valence-electron chi connectivity index (χ2n) is 7.63. The number of rotatable bonds is 4. The van der Waals surface area contributed by atoms with Crippen molar-refractivity contribution in [2.24, 2.45) is 4.99 Å². The van der Waals surface area contributed by atoms with Crippen LogP contribution in [0.3, 0.4) is 0 Å². The summed E-state index contributed by atoms with van der Waals surface area (Å²) in [6.45, 7) is 6.29. The Morgan fingerprint density at radius 2 is 1.97 bits per heavy atom. The van der Waals surface area contributed by atoms with Gasteiger partial charge in [0.2, 0.25) is 5.13 Å². The van der Waals surface area contributed by atoms with E-state index in [0.29, 0.717) is 12.3 Å². The lowest BCUT2D eigenvalue weighted by molar-refractivity contribution is 0.371. The molecule has 164 valence electrons. The van der Waals surface area contributed by atoms with E-state index in [0.717, 1.165) is 67.9 Å². The molecule has 2 aliphatic rings. The van der Waals surface area contributed by atoms with Gasteiger partial charge in [0.1, 0.15) is 11.6 Å². The lowest BCUT2D eigenvalue weighted by Crippen LogP contribution is -2.52. The molecule has 0 unspecified atom stereocenters. The van der Waals surface area contributed by atoms with E-state index in [2.05, 4.69) is 42.5 Å². The molecule has 0 atom stereocenters. The van der Waals surface area contributed by atoms with Gasteiger partial charge in [0.05, 0.1) is 0 Å². The number of piperazine rings is 1. The van der Waals surface area contributed by atoms with Crippen molar-refractivity contribution in [2.45, 2.75) is 45.6 Å². The normalized spacial score (nSPS) is 16.8. The number of nitrogens with zero attached hydrogens (tertiary/aromatic N) is 5. The molecule has 2 heterocycles. The minimum Gasteiger partial charge on any atom is -0.508 e. The molecule has 9 heteroatoms. The first-order chi connectivity index (χ1) is 14.2. The summed E-state index contributed by atoms with van der Waals surface area (Å²) in [5.41, 5.74) is 3.74. The fourth-order valence-electron chi connectivity index (χ4n) is 4.22. The van der Waals surface area contributed by atoms with Crippen LogP contribution in [0.2, 0.25) is 0 Å². The number of nitrogens with one attached hydrogen (secondary N) is 1. The smallest absolute Gasteiger partial charge is 0.205 e. The lowest BCUT2D eigenvalue weighted by atomic mass is 9.88. The summed E-state index contributed by atoms with van der Waals surface area (Å²) in [6, 6.07) is 3.92. The van der Waals surface area contributed by atoms with E-state index in [4.69, 9.17) is 0 Å². The van der Waals surface area contributed by atoms with Crippen molar-refractivity contribution in [2.75, 3.05) is 38.1 Å². The van der Waals surface area contributed by atoms with Crippen LogP contribution in [-0.2, 0) is 25.8 Å². The fourth-order valence-corrected chi connectivity index (χ4v) is 5.02. The van der Waals surface area contributed by atoms with Gasteiger partial charge >= 0.3 is 0 Å². The minimum absolute atomic E-state index is 0. The molecule has 1 aliphatic carbocycles. The second-order valence-corrected chi connectivity index (χ2v) is 8.36. The molecule has 0 saturated carbocycles. The molecule has 1 aromatic heterocycles. The largest absolute Gasteiger partial charge is 0.508 e. The highest BCUT2D eigenvalue weighted by molar-refractivity contribution is 14.0. The summed E-state index contributed by atoms with van der Waals surface area (Å²) in [7, 11) is 1.83. The molecular weight excluding hydrogens is 511 g/mol. The summed E-state index contributed by atoms with van der Waals surface area (Å²) in [5.74, 6) is 2.21. The monoisotopic (exact) mass is 542 g/mol. The number of fused-ring (bicyclic) bond motifs is 1. The molecule has 1 aliphatic heterocycles. The number of aromatic nitrogens is 2. The van der Waals surface area contributed by atoms with Crippen LogP contribution in [0.15, 0.2) is 17.1 Å². The Hall–Kier alpha value is -1.62. The quantitative estimate of drug-likeness (QED) is 0.351. The Morgan fingerprint density at radius 1 is 1.20 bits per heavy atom. The predicted octanol–water partition coefficient (Wildman–Crippen LogP) is 3.20. The summed E-state index contributed by atoms with van der Waals surface area (Å²) >= 11 is 1.49. The van der Waals surface area contributed by atoms with Crippen LogP contribution < -0.4 is 10.2 Å². The summed E-state index contributed by atoms with van der Waals surface area (Å²) in [6.07, 6.45) is 5.49. The number of aromatic hydroxyl groups is 1. The molecule has 4 rings (SSSR count). The molecule has 0 radical (unpaired) electrons. The third-order valence-electron chi connectivity index (χ3n) is 5.88. The van der Waals surface area contributed by atoms with Crippen molar-refractivity contribution in [3.05, 3.63) is 34.6 Å². The first-order valence-electron chi connectivity index (χ1n) is 10.5. The number of aryl methyl sites for hydroxylation is 2. The van der Waals surface area contributed by atoms with Gasteiger partial charge in [-0.3, -0.25) is 4.99 Å². The van der Waals surface area contributed by atoms with Gasteiger partial charge in [-0.25, -0.2) is 4.98 Å². The van der Waals surface area contributed by atoms with Crippen LogP contribution in [-0.4, -0.2) is 58.6 Å². The topological polar surface area (TPSA) is 76.9 Å². The molecule has 1 aromatic carbocycles. The number of hydrogen-bond acceptors (Lipinski definition) is 6. The number of benzene rings is 1. The Bertz CT molecular complexity index is 878. The number of anilines is 1. The number of aliphatic imine (C=N–C) groups is 1. The van der Waals surface area contributed by atoms with Crippen molar-refractivity contribution in [3.8, 4) is 5.75 Å². The van der Waals surface area contributed by atoms with Gasteiger partial charge in [0.15, 0.2) is 5.96 Å². The van der Waals surface area contributed by atoms with E-state index in [1.165, 1.54) is 35.5 Å². The molecule has 2 N–H and O–H groups in total. The third-order valence-corrected chi connectivity index (χ3v) is 6.70. The summed E-state index contributed by atoms with van der Waals surface area (Å²) in [5, 5.41) is 14.9. The van der Waals surface area contributed by atoms with E-state index in [1.54, 1.807) is 0 Å². The van der Waals surface area contributed by atoms with E-state index in [-0.39, 0.29) is 24.0 Å². The molecule has 0 amide bonds. The van der Waals surface area contributed by atoms with Gasteiger partial charge in [0, 0.05) is 63.3 Å². The van der Waals surface area contributed by atoms with E-state index < -0.39 is 0 Å². The zero-order chi connectivity index (χ0) is 20.2. The van der Waals surface area contributed by atoms with Crippen LogP contribution in [0, 0.1) is 0 Å². The molecule has 1 fully saturated rings. The fraction of sp³-hybridized carbons (Fsp3) is 0.571. The van der Waals surface area contributed by atoms with Gasteiger partial charge in [-0.15, -0.1) is 24.0 Å². The van der Waals surface area contributed by atoms with Crippen LogP contribution in [0.4, 0.5) is 5.13 Å². The zero-order valence-corrected chi connectivity index (χ0v) is 20.9. The highest BCUT2D eigenvalue weighted by Gasteiger charge is 2.23. The number of hydrogen-bond donors (Lipinski definition) is 2. The maximum absolute atomic E-state index is 10.4. The first kappa shape index (κ1) is 23.1. The van der Waals surface area contributed by atoms with E-state index in [1.807, 2.05) is 13.1 Å². The number of phenols is 1. The first-order valence-corrected chi connectivity index (χ1v) is 11.3. The molecular formula is C21H31IN6OS. The van der Waals surface area contributed by atoms with Gasteiger partial charge < -0.3 is 20.2 Å². The Labute approximate surface area is 199 Å². The van der Waals surface area contributed by atoms with Crippen LogP contribution in [0.5, 0.6) is 5.75 Å². The molecule has 0 bridgehead atoms. The number of guanidine groups is 1. The average Bonchev–Trinajstić information content (AvgIpc) is 3.25. The van der Waals surface area contributed by atoms with Crippen LogP contribution >= 0.6 is 35.5 Å². The highest BCUT2D eigenvalue weighted by Crippen LogP contribution is 2.30. The van der Waals surface area contributed by atoms with Crippen molar-refractivity contribution in [1.29, 1.82) is 0 Å². The SMILES string of the molecule is CCc1nsc(N2CCN(C(=NC)NCc3c(O)ccc4c3CCCC4)CC2)n1.I. The van der Waals surface area contributed by atoms with Crippen molar-refractivity contribution in [3.63, 3.8) is 0 Å². The van der Waals surface area contributed by atoms with Gasteiger partial charge in [-0.2, -0.15) is 4.37 Å². The molecule has 30 heavy (non-hydrogen) atoms. The minimum atomic E-state index is 0. The highest BCUT2D eigenvalue weighted by atomic mass is 127. The van der Waals surface area contributed by atoms with Gasteiger partial charge in [0.25, 0.3) is 0 Å². The number of phenolic OH excluding ortho intramolecular Hbond substituents is 1. The Morgan fingerprint density at radius 3 is 2.67 bits per heavy atom. The maximum Gasteiger partial charge on any atom is 0.205 e. The summed E-state index contributed by atoms with van der Waals surface area (Å²) in [4.78, 5) is 13.7. The standard InChI is InChI=1S/C21H30N6OS.HI/c1-3-19-24-21(29-25-19)27-12-10-26(11-13-27)20(22-2)23-14-17-16-7-5-4-6-15(16)8-9-18(17)28;/h8-9,28H,3-7,10-14H2,1-2H3,(H,22,23);1H. The van der Waals surface area contributed by atoms with Gasteiger partial charge in [-0.05, 0) is 42.9 Å². The van der Waals surface area contributed by atoms with Crippen LogP contribution in [0.1, 0.15) is 42.3 Å². The third kappa shape index (κ3) is 4.99. The van der Waals surface area contributed by atoms with E-state index >= 15 is 0 Å². The average molecular weight is 542 g/mol. The Kier molecular flexibility index (Phi) is 8.15. The predicted molar refractivity (Wildman–Crippen MR) is 133 cm³/mol. The number of halogens is 1. The Balaban J connectivity index is 0.00000256. The van der Waals surface area contributed by atoms with Crippen molar-refractivity contribution in [1.82, 2.24) is 19.6 Å². The van der Waals surface area contributed by atoms with Crippen molar-refractivity contribution >= 4 is 46.6 Å². The molecule has 1 saturated heterocycles. The van der Waals surface area contributed by atoms with Gasteiger partial charge in [-0.1, -0.05) is 13.0 Å². The molecule has 0 spiro atoms. The van der Waals surface area contributed by atoms with Crippen molar-refractivity contribution < 1.29 is 5.11 Å². The lowest BCUT2D eigenvalue weighted by Gasteiger charge is -2.36.